The molecule has 0 amide bonds. The first-order chi connectivity index (χ1) is 11.6. The van der Waals surface area contributed by atoms with Crippen LogP contribution in [0.1, 0.15) is 30.1 Å². The fourth-order valence-electron chi connectivity index (χ4n) is 3.19. The zero-order chi connectivity index (χ0) is 16.7. The summed E-state index contributed by atoms with van der Waals surface area (Å²) in [6.07, 6.45) is 3.79. The van der Waals surface area contributed by atoms with Crippen LogP contribution in [0.3, 0.4) is 0 Å². The number of anilines is 2. The first kappa shape index (κ1) is 15.3. The predicted molar refractivity (Wildman–Crippen MR) is 97.0 cm³/mol. The summed E-state index contributed by atoms with van der Waals surface area (Å²) in [6.45, 7) is 4.06. The summed E-state index contributed by atoms with van der Waals surface area (Å²) in [6, 6.07) is 0. The Kier molecular flexibility index (Phi) is 3.84. The van der Waals surface area contributed by atoms with Gasteiger partial charge < -0.3 is 9.80 Å². The van der Waals surface area contributed by atoms with Crippen LogP contribution in [0, 0.1) is 6.92 Å². The lowest BCUT2D eigenvalue weighted by molar-refractivity contribution is 0.485. The van der Waals surface area contributed by atoms with Gasteiger partial charge in [-0.3, -0.25) is 5.10 Å². The number of piperidine rings is 1. The fourth-order valence-corrected chi connectivity index (χ4v) is 4.21. The molecule has 0 spiro atoms. The lowest BCUT2D eigenvalue weighted by Crippen LogP contribution is -2.33. The van der Waals surface area contributed by atoms with Crippen molar-refractivity contribution < 1.29 is 0 Å². The molecule has 3 aromatic rings. The molecule has 1 aliphatic heterocycles. The Bertz CT molecular complexity index is 845. The largest absolute Gasteiger partial charge is 0.355 e. The van der Waals surface area contributed by atoms with Gasteiger partial charge in [-0.25, -0.2) is 9.97 Å². The van der Waals surface area contributed by atoms with Crippen molar-refractivity contribution in [3.63, 3.8) is 0 Å². The van der Waals surface area contributed by atoms with E-state index in [4.69, 9.17) is 0 Å². The number of nitrogens with one attached hydrogen (secondary N) is 1. The molecule has 0 aromatic carbocycles. The first-order valence-electron chi connectivity index (χ1n) is 8.17. The number of aromatic nitrogens is 5. The van der Waals surface area contributed by atoms with Gasteiger partial charge in [0.25, 0.3) is 0 Å². The monoisotopic (exact) mass is 343 g/mol. The molecule has 24 heavy (non-hydrogen) atoms. The van der Waals surface area contributed by atoms with Crippen molar-refractivity contribution >= 4 is 33.3 Å². The minimum absolute atomic E-state index is 0.435. The van der Waals surface area contributed by atoms with Crippen LogP contribution in [0.2, 0.25) is 0 Å². The molecule has 0 aliphatic carbocycles. The van der Waals surface area contributed by atoms with Gasteiger partial charge in [0, 0.05) is 33.1 Å². The molecule has 4 heterocycles. The molecule has 1 saturated heterocycles. The molecule has 4 rings (SSSR count). The van der Waals surface area contributed by atoms with Crippen molar-refractivity contribution in [1.29, 1.82) is 0 Å². The minimum Gasteiger partial charge on any atom is -0.355 e. The normalized spacial score (nSPS) is 16.0. The minimum atomic E-state index is 0.435. The van der Waals surface area contributed by atoms with Gasteiger partial charge in [-0.1, -0.05) is 0 Å². The second-order valence-electron chi connectivity index (χ2n) is 6.47. The quantitative estimate of drug-likeness (QED) is 0.788. The number of aryl methyl sites for hydroxylation is 1. The number of rotatable bonds is 3. The van der Waals surface area contributed by atoms with Gasteiger partial charge in [0.2, 0.25) is 5.95 Å². The zero-order valence-corrected chi connectivity index (χ0v) is 15.0. The molecule has 1 N–H and O–H groups in total. The highest BCUT2D eigenvalue weighted by molar-refractivity contribution is 7.18. The number of hydrogen-bond acceptors (Lipinski definition) is 7. The summed E-state index contributed by atoms with van der Waals surface area (Å²) in [5.74, 6) is 3.25. The third kappa shape index (κ3) is 2.60. The van der Waals surface area contributed by atoms with Gasteiger partial charge in [-0.15, -0.1) is 16.4 Å². The molecule has 3 aromatic heterocycles. The van der Waals surface area contributed by atoms with E-state index in [1.807, 2.05) is 19.0 Å². The number of H-pyrrole nitrogens is 1. The number of aromatic amines is 1. The molecule has 0 radical (unpaired) electrons. The van der Waals surface area contributed by atoms with Crippen molar-refractivity contribution in [3.05, 3.63) is 23.1 Å². The summed E-state index contributed by atoms with van der Waals surface area (Å²) in [7, 11) is 3.91. The third-order valence-corrected chi connectivity index (χ3v) is 5.67. The van der Waals surface area contributed by atoms with E-state index in [2.05, 4.69) is 42.4 Å². The Hall–Kier alpha value is -2.22. The van der Waals surface area contributed by atoms with Gasteiger partial charge in [-0.05, 0) is 30.7 Å². The second kappa shape index (κ2) is 6.01. The maximum atomic E-state index is 4.60. The lowest BCUT2D eigenvalue weighted by atomic mass is 9.96. The van der Waals surface area contributed by atoms with Crippen LogP contribution in [-0.2, 0) is 0 Å². The molecular formula is C16H21N7S. The van der Waals surface area contributed by atoms with E-state index in [-0.39, 0.29) is 0 Å². The Labute approximate surface area is 144 Å². The van der Waals surface area contributed by atoms with E-state index in [1.165, 1.54) is 10.3 Å². The Morgan fingerprint density at radius 3 is 2.75 bits per heavy atom. The van der Waals surface area contributed by atoms with Gasteiger partial charge in [-0.2, -0.15) is 4.98 Å². The van der Waals surface area contributed by atoms with E-state index < -0.39 is 0 Å². The average Bonchev–Trinajstić information content (AvgIpc) is 3.23. The highest BCUT2D eigenvalue weighted by atomic mass is 32.1. The topological polar surface area (TPSA) is 73.8 Å². The molecule has 126 valence electrons. The van der Waals surface area contributed by atoms with Crippen molar-refractivity contribution in [2.45, 2.75) is 25.7 Å². The highest BCUT2D eigenvalue weighted by Crippen LogP contribution is 2.34. The van der Waals surface area contributed by atoms with E-state index in [1.54, 1.807) is 17.7 Å². The lowest BCUT2D eigenvalue weighted by Gasteiger charge is -2.31. The van der Waals surface area contributed by atoms with Gasteiger partial charge in [0.05, 0.1) is 10.2 Å². The standard InChI is InChI=1S/C16H21N7S/c1-10-8-24-13-12(10)17-9-18-15(13)23-6-4-11(5-7-23)14-19-16(21-20-14)22(2)3/h8-9,11H,4-7H2,1-3H3,(H,19,20,21). The third-order valence-electron chi connectivity index (χ3n) is 4.58. The number of fused-ring (bicyclic) bond motifs is 1. The molecule has 8 heteroatoms. The van der Waals surface area contributed by atoms with E-state index in [9.17, 15) is 0 Å². The van der Waals surface area contributed by atoms with Crippen molar-refractivity contribution in [1.82, 2.24) is 25.1 Å². The molecule has 0 saturated carbocycles. The molecule has 0 bridgehead atoms. The first-order valence-corrected chi connectivity index (χ1v) is 9.05. The van der Waals surface area contributed by atoms with Crippen molar-refractivity contribution in [2.75, 3.05) is 37.0 Å². The number of hydrogen-bond donors (Lipinski definition) is 1. The predicted octanol–water partition coefficient (Wildman–Crippen LogP) is 2.57. The van der Waals surface area contributed by atoms with Crippen LogP contribution in [0.15, 0.2) is 11.7 Å². The van der Waals surface area contributed by atoms with Crippen LogP contribution in [0.4, 0.5) is 11.8 Å². The number of thiophene rings is 1. The average molecular weight is 343 g/mol. The van der Waals surface area contributed by atoms with Crippen LogP contribution >= 0.6 is 11.3 Å². The van der Waals surface area contributed by atoms with Crippen LogP contribution in [0.25, 0.3) is 10.2 Å². The molecule has 0 unspecified atom stereocenters. The maximum absolute atomic E-state index is 4.60. The second-order valence-corrected chi connectivity index (χ2v) is 7.35. The van der Waals surface area contributed by atoms with Crippen LogP contribution < -0.4 is 9.80 Å². The van der Waals surface area contributed by atoms with Crippen LogP contribution in [0.5, 0.6) is 0 Å². The van der Waals surface area contributed by atoms with Gasteiger partial charge in [0.1, 0.15) is 18.0 Å². The maximum Gasteiger partial charge on any atom is 0.244 e. The van der Waals surface area contributed by atoms with Gasteiger partial charge >= 0.3 is 0 Å². The van der Waals surface area contributed by atoms with Crippen molar-refractivity contribution in [3.8, 4) is 0 Å². The molecule has 1 fully saturated rings. The molecule has 7 nitrogen and oxygen atoms in total. The zero-order valence-electron chi connectivity index (χ0n) is 14.2. The van der Waals surface area contributed by atoms with E-state index >= 15 is 0 Å². The summed E-state index contributed by atoms with van der Waals surface area (Å²) in [5, 5.41) is 9.53. The Balaban J connectivity index is 1.51. The Morgan fingerprint density at radius 1 is 1.25 bits per heavy atom. The van der Waals surface area contributed by atoms with Gasteiger partial charge in [0.15, 0.2) is 0 Å². The fraction of sp³-hybridized carbons (Fsp3) is 0.500. The van der Waals surface area contributed by atoms with Crippen molar-refractivity contribution in [2.24, 2.45) is 0 Å². The van der Waals surface area contributed by atoms with E-state index in [0.29, 0.717) is 5.92 Å². The molecule has 1 aliphatic rings. The Morgan fingerprint density at radius 2 is 2.04 bits per heavy atom. The summed E-state index contributed by atoms with van der Waals surface area (Å²) >= 11 is 1.74. The van der Waals surface area contributed by atoms with E-state index in [0.717, 1.165) is 49.0 Å². The molecular weight excluding hydrogens is 322 g/mol. The SMILES string of the molecule is Cc1csc2c(N3CCC(c4nc(N(C)C)n[nH]4)CC3)ncnc12. The summed E-state index contributed by atoms with van der Waals surface area (Å²) < 4.78 is 1.20. The smallest absolute Gasteiger partial charge is 0.244 e. The summed E-state index contributed by atoms with van der Waals surface area (Å²) in [5.41, 5.74) is 2.31. The number of nitrogens with zero attached hydrogens (tertiary/aromatic N) is 6. The summed E-state index contributed by atoms with van der Waals surface area (Å²) in [4.78, 5) is 17.9. The highest BCUT2D eigenvalue weighted by Gasteiger charge is 2.25. The molecule has 0 atom stereocenters. The van der Waals surface area contributed by atoms with Crippen LogP contribution in [-0.4, -0.2) is 52.3 Å².